The second kappa shape index (κ2) is 8.87. The molecule has 0 unspecified atom stereocenters. The minimum atomic E-state index is 0.0696. The maximum Gasteiger partial charge on any atom is 0.191 e. The summed E-state index contributed by atoms with van der Waals surface area (Å²) in [6.07, 6.45) is 0. The summed E-state index contributed by atoms with van der Waals surface area (Å²) in [7, 11) is 0. The first-order valence-corrected chi connectivity index (χ1v) is 9.55. The molecular formula is C19H18ClN3O2S. The van der Waals surface area contributed by atoms with E-state index in [9.17, 15) is 4.79 Å². The second-order valence-corrected chi connectivity index (χ2v) is 6.84. The molecule has 3 rings (SSSR count). The van der Waals surface area contributed by atoms with Crippen molar-refractivity contribution in [2.45, 2.75) is 25.2 Å². The van der Waals surface area contributed by atoms with Gasteiger partial charge in [0.2, 0.25) is 0 Å². The zero-order valence-corrected chi connectivity index (χ0v) is 15.8. The van der Waals surface area contributed by atoms with Gasteiger partial charge in [0.1, 0.15) is 12.4 Å². The highest BCUT2D eigenvalue weighted by Crippen LogP contribution is 2.20. The van der Waals surface area contributed by atoms with Crippen LogP contribution in [0.1, 0.15) is 23.1 Å². The topological polar surface area (TPSA) is 57.0 Å². The summed E-state index contributed by atoms with van der Waals surface area (Å²) in [6.45, 7) is 3.02. The van der Waals surface area contributed by atoms with Crippen LogP contribution in [0.15, 0.2) is 59.8 Å². The standard InChI is InChI=1S/C19H18ClN3O2S/c1-2-23-18(12-25-16-10-8-15(20)9-11-16)21-22-19(23)26-13-17(24)14-6-4-3-5-7-14/h3-11H,2,12-13H2,1H3. The van der Waals surface area contributed by atoms with Crippen LogP contribution in [0.25, 0.3) is 0 Å². The number of Topliss-reactive ketones (excluding diaryl/α,β-unsaturated/α-hetero) is 1. The Labute approximate surface area is 161 Å². The number of nitrogens with zero attached hydrogens (tertiary/aromatic N) is 3. The Morgan fingerprint density at radius 1 is 1.12 bits per heavy atom. The highest BCUT2D eigenvalue weighted by molar-refractivity contribution is 7.99. The smallest absolute Gasteiger partial charge is 0.191 e. The van der Waals surface area contributed by atoms with Crippen LogP contribution < -0.4 is 4.74 Å². The number of benzene rings is 2. The van der Waals surface area contributed by atoms with Crippen LogP contribution >= 0.6 is 23.4 Å². The summed E-state index contributed by atoms with van der Waals surface area (Å²) in [5.74, 6) is 1.83. The molecule has 0 N–H and O–H groups in total. The Morgan fingerprint density at radius 3 is 2.54 bits per heavy atom. The fourth-order valence-electron chi connectivity index (χ4n) is 2.37. The summed E-state index contributed by atoms with van der Waals surface area (Å²) in [5.41, 5.74) is 0.703. The zero-order valence-electron chi connectivity index (χ0n) is 14.3. The SMILES string of the molecule is CCn1c(COc2ccc(Cl)cc2)nnc1SCC(=O)c1ccccc1. The number of ether oxygens (including phenoxy) is 1. The number of ketones is 1. The summed E-state index contributed by atoms with van der Waals surface area (Å²) in [6, 6.07) is 16.4. The minimum Gasteiger partial charge on any atom is -0.486 e. The number of carbonyl (C=O) groups excluding carboxylic acids is 1. The lowest BCUT2D eigenvalue weighted by molar-refractivity contribution is 0.102. The summed E-state index contributed by atoms with van der Waals surface area (Å²) >= 11 is 7.26. The third-order valence-corrected chi connectivity index (χ3v) is 4.94. The van der Waals surface area contributed by atoms with Gasteiger partial charge in [-0.2, -0.15) is 0 Å². The van der Waals surface area contributed by atoms with Gasteiger partial charge in [0.15, 0.2) is 16.8 Å². The lowest BCUT2D eigenvalue weighted by Gasteiger charge is -2.09. The highest BCUT2D eigenvalue weighted by Gasteiger charge is 2.14. The maximum absolute atomic E-state index is 12.2. The normalized spacial score (nSPS) is 10.7. The molecule has 3 aromatic rings. The van der Waals surface area contributed by atoms with Crippen LogP contribution in [-0.2, 0) is 13.2 Å². The van der Waals surface area contributed by atoms with Crippen LogP contribution in [0, 0.1) is 0 Å². The molecule has 0 bridgehead atoms. The average Bonchev–Trinajstić information content (AvgIpc) is 3.08. The molecule has 7 heteroatoms. The van der Waals surface area contributed by atoms with Crippen molar-refractivity contribution in [3.8, 4) is 5.75 Å². The molecule has 0 atom stereocenters. The number of aromatic nitrogens is 3. The van der Waals surface area contributed by atoms with Crippen molar-refractivity contribution in [3.63, 3.8) is 0 Å². The van der Waals surface area contributed by atoms with Crippen LogP contribution in [0.3, 0.4) is 0 Å². The lowest BCUT2D eigenvalue weighted by atomic mass is 10.2. The Bertz CT molecular complexity index is 866. The van der Waals surface area contributed by atoms with Crippen molar-refractivity contribution in [1.29, 1.82) is 0 Å². The zero-order chi connectivity index (χ0) is 18.4. The lowest BCUT2D eigenvalue weighted by Crippen LogP contribution is -2.08. The number of halogens is 1. The first-order chi connectivity index (χ1) is 12.7. The molecule has 0 aliphatic heterocycles. The van der Waals surface area contributed by atoms with E-state index in [2.05, 4.69) is 10.2 Å². The van der Waals surface area contributed by atoms with Crippen molar-refractivity contribution in [2.24, 2.45) is 0 Å². The molecule has 2 aromatic carbocycles. The van der Waals surface area contributed by atoms with Gasteiger partial charge in [0, 0.05) is 17.1 Å². The molecule has 134 valence electrons. The van der Waals surface area contributed by atoms with Crippen molar-refractivity contribution in [1.82, 2.24) is 14.8 Å². The van der Waals surface area contributed by atoms with Crippen LogP contribution in [0.4, 0.5) is 0 Å². The molecule has 0 spiro atoms. The van der Waals surface area contributed by atoms with E-state index in [0.29, 0.717) is 40.4 Å². The third-order valence-electron chi connectivity index (χ3n) is 3.72. The summed E-state index contributed by atoms with van der Waals surface area (Å²) < 4.78 is 7.70. The van der Waals surface area contributed by atoms with Crippen LogP contribution in [0.2, 0.25) is 5.02 Å². The average molecular weight is 388 g/mol. The fourth-order valence-corrected chi connectivity index (χ4v) is 3.41. The molecule has 0 fully saturated rings. The van der Waals surface area contributed by atoms with Crippen LogP contribution in [-0.4, -0.2) is 26.3 Å². The van der Waals surface area contributed by atoms with Gasteiger partial charge in [-0.25, -0.2) is 0 Å². The van der Waals surface area contributed by atoms with E-state index in [1.54, 1.807) is 12.1 Å². The van der Waals surface area contributed by atoms with E-state index < -0.39 is 0 Å². The summed E-state index contributed by atoms with van der Waals surface area (Å²) in [4.78, 5) is 12.2. The van der Waals surface area contributed by atoms with Gasteiger partial charge in [-0.05, 0) is 31.2 Å². The van der Waals surface area contributed by atoms with E-state index in [0.717, 1.165) is 5.82 Å². The number of thioether (sulfide) groups is 1. The van der Waals surface area contributed by atoms with Crippen molar-refractivity contribution < 1.29 is 9.53 Å². The molecule has 0 radical (unpaired) electrons. The number of hydrogen-bond donors (Lipinski definition) is 0. The molecule has 0 amide bonds. The summed E-state index contributed by atoms with van der Waals surface area (Å²) in [5, 5.41) is 9.78. The molecule has 0 saturated carbocycles. The molecule has 0 saturated heterocycles. The molecule has 1 aromatic heterocycles. The van der Waals surface area contributed by atoms with Crippen molar-refractivity contribution in [3.05, 3.63) is 71.0 Å². The molecule has 1 heterocycles. The first kappa shape index (κ1) is 18.5. The monoisotopic (exact) mass is 387 g/mol. The molecule has 0 aliphatic rings. The molecule has 5 nitrogen and oxygen atoms in total. The van der Waals surface area contributed by atoms with Gasteiger partial charge in [-0.15, -0.1) is 10.2 Å². The van der Waals surface area contributed by atoms with Crippen molar-refractivity contribution in [2.75, 3.05) is 5.75 Å². The maximum atomic E-state index is 12.2. The van der Waals surface area contributed by atoms with E-state index in [4.69, 9.17) is 16.3 Å². The Morgan fingerprint density at radius 2 is 1.85 bits per heavy atom. The van der Waals surface area contributed by atoms with E-state index in [1.165, 1.54) is 11.8 Å². The minimum absolute atomic E-state index is 0.0696. The number of hydrogen-bond acceptors (Lipinski definition) is 5. The predicted octanol–water partition coefficient (Wildman–Crippen LogP) is 4.51. The number of rotatable bonds is 8. The second-order valence-electron chi connectivity index (χ2n) is 5.46. The van der Waals surface area contributed by atoms with Gasteiger partial charge in [0.05, 0.1) is 5.75 Å². The fraction of sp³-hybridized carbons (Fsp3) is 0.211. The number of carbonyl (C=O) groups is 1. The predicted molar refractivity (Wildman–Crippen MR) is 103 cm³/mol. The van der Waals surface area contributed by atoms with Gasteiger partial charge < -0.3 is 9.30 Å². The Hall–Kier alpha value is -2.31. The van der Waals surface area contributed by atoms with Gasteiger partial charge >= 0.3 is 0 Å². The molecule has 26 heavy (non-hydrogen) atoms. The van der Waals surface area contributed by atoms with E-state index in [-0.39, 0.29) is 5.78 Å². The highest BCUT2D eigenvalue weighted by atomic mass is 35.5. The van der Waals surface area contributed by atoms with Gasteiger partial charge in [0.25, 0.3) is 0 Å². The third kappa shape index (κ3) is 4.65. The Balaban J connectivity index is 1.62. The van der Waals surface area contributed by atoms with E-state index >= 15 is 0 Å². The van der Waals surface area contributed by atoms with Crippen molar-refractivity contribution >= 4 is 29.1 Å². The van der Waals surface area contributed by atoms with E-state index in [1.807, 2.05) is 54.0 Å². The quantitative estimate of drug-likeness (QED) is 0.420. The van der Waals surface area contributed by atoms with Gasteiger partial charge in [-0.3, -0.25) is 4.79 Å². The molecule has 0 aliphatic carbocycles. The Kier molecular flexibility index (Phi) is 6.30. The van der Waals surface area contributed by atoms with Gasteiger partial charge in [-0.1, -0.05) is 53.7 Å². The first-order valence-electron chi connectivity index (χ1n) is 8.19. The largest absolute Gasteiger partial charge is 0.486 e. The van der Waals surface area contributed by atoms with Crippen LogP contribution in [0.5, 0.6) is 5.75 Å². The molecular weight excluding hydrogens is 370 g/mol.